The number of nitrogens with zero attached hydrogens (tertiary/aromatic N) is 3. The molecule has 0 amide bonds. The van der Waals surface area contributed by atoms with Crippen LogP contribution in [0.5, 0.6) is 17.2 Å². The molecule has 0 atom stereocenters. The Labute approximate surface area is 277 Å². The summed E-state index contributed by atoms with van der Waals surface area (Å²) in [6, 6.07) is 24.2. The van der Waals surface area contributed by atoms with Gasteiger partial charge in [-0.25, -0.2) is 4.98 Å². The van der Waals surface area contributed by atoms with Crippen LogP contribution in [0.2, 0.25) is 0 Å². The molecule has 0 bridgehead atoms. The zero-order valence-electron chi connectivity index (χ0n) is 23.5. The molecule has 8 nitrogen and oxygen atoms in total. The second kappa shape index (κ2) is 13.0. The van der Waals surface area contributed by atoms with Crippen molar-refractivity contribution in [3.05, 3.63) is 114 Å². The summed E-state index contributed by atoms with van der Waals surface area (Å²) in [5.41, 5.74) is 2.44. The Kier molecular flexibility index (Phi) is 8.88. The van der Waals surface area contributed by atoms with E-state index >= 15 is 0 Å². The first kappa shape index (κ1) is 30.1. The van der Waals surface area contributed by atoms with Gasteiger partial charge in [0.05, 0.1) is 40.7 Å². The van der Waals surface area contributed by atoms with Gasteiger partial charge in [-0.15, -0.1) is 0 Å². The third-order valence-electron chi connectivity index (χ3n) is 6.78. The molecule has 0 saturated carbocycles. The van der Waals surface area contributed by atoms with Crippen LogP contribution < -0.4 is 19.8 Å². The van der Waals surface area contributed by atoms with Crippen molar-refractivity contribution in [3.8, 4) is 28.8 Å². The standard InChI is InChI=1S/C33H24Br3N3O5/c1-3-42-27-15-20(29(35)30(36)31(27)43-18-19-11-13-21(34)14-12-19)17-37-39-32(38-24-8-5-4-7-22(24)33(39)40)28-16-23-25(41-2)9-6-10-26(23)44-28/h4-17H,3,18H2,1-2H3. The average Bonchev–Trinajstić information content (AvgIpc) is 3.48. The lowest BCUT2D eigenvalue weighted by atomic mass is 10.2. The number of hydrogen-bond donors (Lipinski definition) is 0. The van der Waals surface area contributed by atoms with Crippen LogP contribution in [0, 0.1) is 0 Å². The quantitative estimate of drug-likeness (QED) is 0.136. The number of methoxy groups -OCH3 is 1. The predicted molar refractivity (Wildman–Crippen MR) is 182 cm³/mol. The van der Waals surface area contributed by atoms with Gasteiger partial charge in [0.2, 0.25) is 5.82 Å². The summed E-state index contributed by atoms with van der Waals surface area (Å²) in [6.45, 7) is 2.67. The van der Waals surface area contributed by atoms with Crippen LogP contribution in [0.3, 0.4) is 0 Å². The van der Waals surface area contributed by atoms with Gasteiger partial charge < -0.3 is 18.6 Å². The van der Waals surface area contributed by atoms with Crippen molar-refractivity contribution in [2.45, 2.75) is 13.5 Å². The zero-order valence-corrected chi connectivity index (χ0v) is 28.3. The molecule has 222 valence electrons. The lowest BCUT2D eigenvalue weighted by Gasteiger charge is -2.16. The SMILES string of the molecule is CCOc1cc(C=Nn2c(-c3cc4c(OC)cccc4o3)nc3ccccc3c2=O)c(Br)c(Br)c1OCc1ccc(Br)cc1. The van der Waals surface area contributed by atoms with Crippen molar-refractivity contribution >= 4 is 75.9 Å². The highest BCUT2D eigenvalue weighted by molar-refractivity contribution is 9.13. The molecule has 0 aliphatic rings. The normalized spacial score (nSPS) is 11.5. The second-order valence-corrected chi connectivity index (χ2v) is 12.1. The molecule has 6 aromatic rings. The molecule has 2 heterocycles. The van der Waals surface area contributed by atoms with Gasteiger partial charge in [-0.2, -0.15) is 9.78 Å². The van der Waals surface area contributed by atoms with Crippen LogP contribution in [0.25, 0.3) is 33.5 Å². The summed E-state index contributed by atoms with van der Waals surface area (Å²) in [4.78, 5) is 18.5. The second-order valence-electron chi connectivity index (χ2n) is 9.57. The first-order valence-corrected chi connectivity index (χ1v) is 15.9. The van der Waals surface area contributed by atoms with Gasteiger partial charge in [-0.05, 0) is 92.9 Å². The van der Waals surface area contributed by atoms with Gasteiger partial charge in [0.15, 0.2) is 17.3 Å². The number of benzene rings is 4. The zero-order chi connectivity index (χ0) is 30.8. The molecule has 0 saturated heterocycles. The lowest BCUT2D eigenvalue weighted by molar-refractivity contribution is 0.267. The fourth-order valence-corrected chi connectivity index (χ4v) is 5.86. The summed E-state index contributed by atoms with van der Waals surface area (Å²) in [6.07, 6.45) is 1.57. The van der Waals surface area contributed by atoms with E-state index in [1.165, 1.54) is 4.68 Å². The highest BCUT2D eigenvalue weighted by Gasteiger charge is 2.20. The Balaban J connectivity index is 1.44. The van der Waals surface area contributed by atoms with Crippen molar-refractivity contribution in [1.82, 2.24) is 9.66 Å². The molecule has 4 aromatic carbocycles. The molecular formula is C33H24Br3N3O5. The summed E-state index contributed by atoms with van der Waals surface area (Å²) < 4.78 is 27.3. The maximum Gasteiger partial charge on any atom is 0.282 e. The van der Waals surface area contributed by atoms with Crippen LogP contribution in [0.15, 0.2) is 107 Å². The smallest absolute Gasteiger partial charge is 0.282 e. The Bertz CT molecular complexity index is 2090. The Hall–Kier alpha value is -3.93. The van der Waals surface area contributed by atoms with Gasteiger partial charge in [-0.1, -0.05) is 46.3 Å². The van der Waals surface area contributed by atoms with E-state index in [0.29, 0.717) is 67.2 Å². The summed E-state index contributed by atoms with van der Waals surface area (Å²) in [7, 11) is 1.60. The van der Waals surface area contributed by atoms with E-state index < -0.39 is 0 Å². The summed E-state index contributed by atoms with van der Waals surface area (Å²) in [5, 5.41) is 5.81. The van der Waals surface area contributed by atoms with Crippen LogP contribution >= 0.6 is 47.8 Å². The summed E-state index contributed by atoms with van der Waals surface area (Å²) >= 11 is 10.8. The van der Waals surface area contributed by atoms with Gasteiger partial charge in [-0.3, -0.25) is 4.79 Å². The molecule has 11 heteroatoms. The van der Waals surface area contributed by atoms with Crippen LogP contribution in [-0.2, 0) is 6.61 Å². The van der Waals surface area contributed by atoms with Crippen LogP contribution in [-0.4, -0.2) is 29.6 Å². The first-order chi connectivity index (χ1) is 21.4. The maximum absolute atomic E-state index is 13.8. The van der Waals surface area contributed by atoms with Crippen molar-refractivity contribution in [3.63, 3.8) is 0 Å². The van der Waals surface area contributed by atoms with E-state index in [2.05, 4.69) is 52.9 Å². The molecule has 0 aliphatic carbocycles. The van der Waals surface area contributed by atoms with Gasteiger partial charge in [0, 0.05) is 14.5 Å². The fraction of sp³-hybridized carbons (Fsp3) is 0.121. The number of ether oxygens (including phenoxy) is 3. The molecule has 0 fully saturated rings. The minimum absolute atomic E-state index is 0.248. The number of aromatic nitrogens is 2. The third kappa shape index (κ3) is 5.91. The molecule has 6 rings (SSSR count). The number of rotatable bonds is 9. The molecule has 0 spiro atoms. The van der Waals surface area contributed by atoms with Crippen molar-refractivity contribution < 1.29 is 18.6 Å². The van der Waals surface area contributed by atoms with E-state index in [4.69, 9.17) is 23.6 Å². The Morgan fingerprint density at radius 1 is 0.909 bits per heavy atom. The van der Waals surface area contributed by atoms with Gasteiger partial charge in [0.25, 0.3) is 5.56 Å². The molecule has 0 N–H and O–H groups in total. The van der Waals surface area contributed by atoms with Crippen molar-refractivity contribution in [1.29, 1.82) is 0 Å². The van der Waals surface area contributed by atoms with Crippen LogP contribution in [0.4, 0.5) is 0 Å². The Morgan fingerprint density at radius 2 is 1.70 bits per heavy atom. The van der Waals surface area contributed by atoms with E-state index in [-0.39, 0.29) is 11.4 Å². The minimum atomic E-state index is -0.344. The number of fused-ring (bicyclic) bond motifs is 2. The molecule has 0 aliphatic heterocycles. The average molecular weight is 782 g/mol. The van der Waals surface area contributed by atoms with E-state index in [0.717, 1.165) is 15.4 Å². The molecule has 2 aromatic heterocycles. The van der Waals surface area contributed by atoms with E-state index in [1.807, 2.05) is 61.5 Å². The fourth-order valence-electron chi connectivity index (χ4n) is 4.66. The topological polar surface area (TPSA) is 88.1 Å². The number of halogens is 3. The van der Waals surface area contributed by atoms with Gasteiger partial charge in [0.1, 0.15) is 17.9 Å². The highest BCUT2D eigenvalue weighted by Crippen LogP contribution is 2.43. The Morgan fingerprint density at radius 3 is 2.48 bits per heavy atom. The third-order valence-corrected chi connectivity index (χ3v) is 9.45. The monoisotopic (exact) mass is 779 g/mol. The summed E-state index contributed by atoms with van der Waals surface area (Å²) in [5.74, 6) is 2.33. The van der Waals surface area contributed by atoms with Crippen molar-refractivity contribution in [2.24, 2.45) is 5.10 Å². The molecular weight excluding hydrogens is 758 g/mol. The number of para-hydroxylation sites is 1. The van der Waals surface area contributed by atoms with Gasteiger partial charge >= 0.3 is 0 Å². The van der Waals surface area contributed by atoms with E-state index in [9.17, 15) is 4.79 Å². The highest BCUT2D eigenvalue weighted by atomic mass is 79.9. The van der Waals surface area contributed by atoms with Crippen LogP contribution in [0.1, 0.15) is 18.1 Å². The molecule has 0 unspecified atom stereocenters. The first-order valence-electron chi connectivity index (χ1n) is 13.5. The molecule has 44 heavy (non-hydrogen) atoms. The van der Waals surface area contributed by atoms with Crippen molar-refractivity contribution in [2.75, 3.05) is 13.7 Å². The predicted octanol–water partition coefficient (Wildman–Crippen LogP) is 8.97. The minimum Gasteiger partial charge on any atom is -0.496 e. The largest absolute Gasteiger partial charge is 0.496 e. The van der Waals surface area contributed by atoms with E-state index in [1.54, 1.807) is 37.6 Å². The number of furan rings is 1. The lowest BCUT2D eigenvalue weighted by Crippen LogP contribution is -2.20. The maximum atomic E-state index is 13.8. The number of hydrogen-bond acceptors (Lipinski definition) is 7. The molecule has 0 radical (unpaired) electrons.